The van der Waals surface area contributed by atoms with Crippen molar-refractivity contribution >= 4 is 52.2 Å². The first-order valence-electron chi connectivity index (χ1n) is 9.90. The fourth-order valence-corrected chi connectivity index (χ4v) is 4.35. The van der Waals surface area contributed by atoms with E-state index in [9.17, 15) is 18.8 Å². The van der Waals surface area contributed by atoms with Gasteiger partial charge in [-0.25, -0.2) is 14.1 Å². The number of urea groups is 1. The van der Waals surface area contributed by atoms with Crippen LogP contribution in [0.5, 0.6) is 0 Å². The molecule has 4 rings (SSSR count). The number of anilines is 2. The highest BCUT2D eigenvalue weighted by molar-refractivity contribution is 7.09. The molecule has 0 radical (unpaired) electrons. The highest BCUT2D eigenvalue weighted by Crippen LogP contribution is 2.28. The highest BCUT2D eigenvalue weighted by Gasteiger charge is 2.46. The van der Waals surface area contributed by atoms with Crippen LogP contribution in [-0.4, -0.2) is 35.3 Å². The van der Waals surface area contributed by atoms with Crippen LogP contribution in [0.2, 0.25) is 5.02 Å². The van der Waals surface area contributed by atoms with E-state index < -0.39 is 29.7 Å². The Kier molecular flexibility index (Phi) is 6.53. The molecule has 1 saturated heterocycles. The molecule has 0 spiro atoms. The van der Waals surface area contributed by atoms with Crippen LogP contribution < -0.4 is 10.2 Å². The first kappa shape index (κ1) is 22.0. The Morgan fingerprint density at radius 2 is 1.78 bits per heavy atom. The van der Waals surface area contributed by atoms with Crippen LogP contribution >= 0.6 is 22.9 Å². The van der Waals surface area contributed by atoms with E-state index in [0.717, 1.165) is 9.78 Å². The van der Waals surface area contributed by atoms with Gasteiger partial charge in [-0.05, 0) is 66.4 Å². The molecule has 0 bridgehead atoms. The first-order chi connectivity index (χ1) is 15.4. The van der Waals surface area contributed by atoms with Gasteiger partial charge >= 0.3 is 6.03 Å². The summed E-state index contributed by atoms with van der Waals surface area (Å²) in [6, 6.07) is 14.1. The van der Waals surface area contributed by atoms with Crippen molar-refractivity contribution in [1.29, 1.82) is 0 Å². The number of hydrogen-bond acceptors (Lipinski definition) is 4. The van der Waals surface area contributed by atoms with Crippen molar-refractivity contribution in [3.63, 3.8) is 0 Å². The molecule has 4 amide bonds. The molecule has 1 atom stereocenters. The standard InChI is InChI=1S/C23H19ClFN3O3S/c24-15-3-7-17(8-4-15)26-21(29)14-20-22(30)28(18-9-5-16(25)6-10-18)23(31)27(20)12-11-19-2-1-13-32-19/h1-10,13,20H,11-12,14H2,(H,26,29)/t20-/m1/s1. The molecule has 2 aromatic carbocycles. The number of hydrogen-bond donors (Lipinski definition) is 1. The Balaban J connectivity index is 1.54. The van der Waals surface area contributed by atoms with Crippen molar-refractivity contribution in [3.8, 4) is 0 Å². The normalized spacial score (nSPS) is 16.0. The number of imide groups is 1. The van der Waals surface area contributed by atoms with Crippen LogP contribution in [0, 0.1) is 5.82 Å². The zero-order chi connectivity index (χ0) is 22.7. The van der Waals surface area contributed by atoms with Gasteiger partial charge in [-0.2, -0.15) is 0 Å². The summed E-state index contributed by atoms with van der Waals surface area (Å²) in [5.41, 5.74) is 0.805. The van der Waals surface area contributed by atoms with Gasteiger partial charge in [-0.1, -0.05) is 17.7 Å². The number of nitrogens with zero attached hydrogens (tertiary/aromatic N) is 2. The van der Waals surface area contributed by atoms with Crippen LogP contribution in [0.25, 0.3) is 0 Å². The van der Waals surface area contributed by atoms with Gasteiger partial charge in [-0.3, -0.25) is 9.59 Å². The third-order valence-corrected chi connectivity index (χ3v) is 6.28. The van der Waals surface area contributed by atoms with E-state index in [4.69, 9.17) is 11.6 Å². The van der Waals surface area contributed by atoms with Crippen LogP contribution in [0.1, 0.15) is 11.3 Å². The number of nitrogens with one attached hydrogen (secondary N) is 1. The number of thiophene rings is 1. The molecule has 1 N–H and O–H groups in total. The molecule has 0 saturated carbocycles. The molecular formula is C23H19ClFN3O3S. The highest BCUT2D eigenvalue weighted by atomic mass is 35.5. The number of carbonyl (C=O) groups is 3. The van der Waals surface area contributed by atoms with Crippen molar-refractivity contribution in [2.45, 2.75) is 18.9 Å². The van der Waals surface area contributed by atoms with Crippen LogP contribution in [-0.2, 0) is 16.0 Å². The Bertz CT molecular complexity index is 1120. The summed E-state index contributed by atoms with van der Waals surface area (Å²) in [6.07, 6.45) is 0.360. The van der Waals surface area contributed by atoms with E-state index in [-0.39, 0.29) is 18.7 Å². The van der Waals surface area contributed by atoms with Gasteiger partial charge in [-0.15, -0.1) is 11.3 Å². The second-order valence-electron chi connectivity index (χ2n) is 7.23. The summed E-state index contributed by atoms with van der Waals surface area (Å²) >= 11 is 7.43. The zero-order valence-corrected chi connectivity index (χ0v) is 18.4. The van der Waals surface area contributed by atoms with Crippen molar-refractivity contribution < 1.29 is 18.8 Å². The van der Waals surface area contributed by atoms with E-state index in [1.807, 2.05) is 17.5 Å². The molecule has 9 heteroatoms. The molecule has 2 heterocycles. The smallest absolute Gasteiger partial charge is 0.326 e. The average molecular weight is 472 g/mol. The van der Waals surface area contributed by atoms with Gasteiger partial charge in [0.2, 0.25) is 5.91 Å². The molecule has 32 heavy (non-hydrogen) atoms. The fourth-order valence-electron chi connectivity index (χ4n) is 3.52. The minimum atomic E-state index is -0.959. The summed E-state index contributed by atoms with van der Waals surface area (Å²) in [5.74, 6) is -1.39. The molecule has 1 aliphatic heterocycles. The van der Waals surface area contributed by atoms with E-state index in [0.29, 0.717) is 17.1 Å². The quantitative estimate of drug-likeness (QED) is 0.496. The lowest BCUT2D eigenvalue weighted by Crippen LogP contribution is -2.39. The fraction of sp³-hybridized carbons (Fsp3) is 0.174. The summed E-state index contributed by atoms with van der Waals surface area (Å²) in [5, 5.41) is 5.20. The number of carbonyl (C=O) groups excluding carboxylic acids is 3. The molecular weight excluding hydrogens is 453 g/mol. The minimum Gasteiger partial charge on any atom is -0.326 e. The second-order valence-corrected chi connectivity index (χ2v) is 8.70. The van der Waals surface area contributed by atoms with Crippen LogP contribution in [0.15, 0.2) is 66.0 Å². The van der Waals surface area contributed by atoms with Crippen LogP contribution in [0.4, 0.5) is 20.6 Å². The van der Waals surface area contributed by atoms with Gasteiger partial charge in [0, 0.05) is 22.1 Å². The lowest BCUT2D eigenvalue weighted by atomic mass is 10.1. The Hall–Kier alpha value is -3.23. The summed E-state index contributed by atoms with van der Waals surface area (Å²) in [7, 11) is 0. The third-order valence-electron chi connectivity index (χ3n) is 5.09. The molecule has 6 nitrogen and oxygen atoms in total. The number of rotatable bonds is 7. The van der Waals surface area contributed by atoms with Crippen molar-refractivity contribution in [2.24, 2.45) is 0 Å². The summed E-state index contributed by atoms with van der Waals surface area (Å²) < 4.78 is 13.3. The van der Waals surface area contributed by atoms with Crippen molar-refractivity contribution in [3.05, 3.63) is 81.8 Å². The maximum atomic E-state index is 13.3. The predicted molar refractivity (Wildman–Crippen MR) is 122 cm³/mol. The number of benzene rings is 2. The Morgan fingerprint density at radius 1 is 1.06 bits per heavy atom. The van der Waals surface area contributed by atoms with E-state index in [2.05, 4.69) is 5.32 Å². The van der Waals surface area contributed by atoms with Gasteiger partial charge in [0.25, 0.3) is 5.91 Å². The van der Waals surface area contributed by atoms with Crippen LogP contribution in [0.3, 0.4) is 0 Å². The summed E-state index contributed by atoms with van der Waals surface area (Å²) in [6.45, 7) is 0.279. The number of halogens is 2. The molecule has 164 valence electrons. The van der Waals surface area contributed by atoms with Gasteiger partial charge in [0.1, 0.15) is 11.9 Å². The third kappa shape index (κ3) is 4.81. The number of amides is 4. The SMILES string of the molecule is O=C(C[C@@H]1C(=O)N(c2ccc(F)cc2)C(=O)N1CCc1cccs1)Nc1ccc(Cl)cc1. The van der Waals surface area contributed by atoms with E-state index in [1.54, 1.807) is 35.6 Å². The first-order valence-corrected chi connectivity index (χ1v) is 11.2. The molecule has 0 unspecified atom stereocenters. The van der Waals surface area contributed by atoms with Gasteiger partial charge < -0.3 is 10.2 Å². The van der Waals surface area contributed by atoms with E-state index >= 15 is 0 Å². The predicted octanol–water partition coefficient (Wildman–Crippen LogP) is 4.95. The van der Waals surface area contributed by atoms with Crippen molar-refractivity contribution in [1.82, 2.24) is 4.90 Å². The van der Waals surface area contributed by atoms with Gasteiger partial charge in [0.15, 0.2) is 0 Å². The average Bonchev–Trinajstić information content (AvgIpc) is 3.36. The Morgan fingerprint density at radius 3 is 2.44 bits per heavy atom. The molecule has 3 aromatic rings. The maximum absolute atomic E-state index is 13.3. The Labute approximate surface area is 193 Å². The molecule has 0 aliphatic carbocycles. The molecule has 1 aromatic heterocycles. The molecule has 1 fully saturated rings. The van der Waals surface area contributed by atoms with Crippen molar-refractivity contribution in [2.75, 3.05) is 16.8 Å². The topological polar surface area (TPSA) is 69.7 Å². The molecule has 1 aliphatic rings. The minimum absolute atomic E-state index is 0.199. The van der Waals surface area contributed by atoms with Gasteiger partial charge in [0.05, 0.1) is 12.1 Å². The van der Waals surface area contributed by atoms with E-state index in [1.165, 1.54) is 29.2 Å². The zero-order valence-electron chi connectivity index (χ0n) is 16.8. The monoisotopic (exact) mass is 471 g/mol. The lowest BCUT2D eigenvalue weighted by Gasteiger charge is -2.21. The summed E-state index contributed by atoms with van der Waals surface area (Å²) in [4.78, 5) is 42.5. The lowest BCUT2D eigenvalue weighted by molar-refractivity contribution is -0.124. The maximum Gasteiger partial charge on any atom is 0.332 e. The largest absolute Gasteiger partial charge is 0.332 e. The second kappa shape index (κ2) is 9.50.